The average Bonchev–Trinajstić information content (AvgIpc) is 2.90. The quantitative estimate of drug-likeness (QED) is 0.306. The summed E-state index contributed by atoms with van der Waals surface area (Å²) in [5, 5.41) is 0. The lowest BCUT2D eigenvalue weighted by Crippen LogP contribution is -2.35. The van der Waals surface area contributed by atoms with E-state index in [4.69, 9.17) is 0 Å². The van der Waals surface area contributed by atoms with Gasteiger partial charge in [0.1, 0.15) is 5.82 Å². The molecular formula is C28H25F3N4OS. The second-order valence-electron chi connectivity index (χ2n) is 8.88. The summed E-state index contributed by atoms with van der Waals surface area (Å²) in [6.07, 6.45) is -1.95. The summed E-state index contributed by atoms with van der Waals surface area (Å²) in [6.45, 7) is 3.95. The van der Waals surface area contributed by atoms with E-state index in [9.17, 15) is 18.0 Å². The van der Waals surface area contributed by atoms with E-state index in [0.717, 1.165) is 34.7 Å². The topological polar surface area (TPSA) is 61.9 Å². The van der Waals surface area contributed by atoms with Crippen LogP contribution in [0.5, 0.6) is 0 Å². The predicted molar refractivity (Wildman–Crippen MR) is 139 cm³/mol. The van der Waals surface area contributed by atoms with Gasteiger partial charge in [0, 0.05) is 48.3 Å². The summed E-state index contributed by atoms with van der Waals surface area (Å²) in [7, 11) is 0. The molecule has 0 spiro atoms. The summed E-state index contributed by atoms with van der Waals surface area (Å²) in [6, 6.07) is 17.1. The van der Waals surface area contributed by atoms with Crippen molar-refractivity contribution in [1.82, 2.24) is 19.9 Å². The molecule has 37 heavy (non-hydrogen) atoms. The fourth-order valence-electron chi connectivity index (χ4n) is 4.41. The number of alkyl halides is 3. The zero-order valence-electron chi connectivity index (χ0n) is 20.2. The maximum absolute atomic E-state index is 12.9. The first-order chi connectivity index (χ1) is 17.8. The first-order valence-electron chi connectivity index (χ1n) is 12.0. The van der Waals surface area contributed by atoms with Crippen LogP contribution in [0.25, 0.3) is 22.6 Å². The zero-order valence-corrected chi connectivity index (χ0v) is 21.0. The van der Waals surface area contributed by atoms with Gasteiger partial charge in [-0.25, -0.2) is 4.98 Å². The maximum atomic E-state index is 12.9. The number of H-pyrrole nitrogens is 1. The van der Waals surface area contributed by atoms with Crippen molar-refractivity contribution in [1.29, 1.82) is 0 Å². The van der Waals surface area contributed by atoms with E-state index in [1.165, 1.54) is 17.0 Å². The normalized spacial score (nSPS) is 13.9. The largest absolute Gasteiger partial charge is 0.416 e. The molecule has 1 N–H and O–H groups in total. The average molecular weight is 523 g/mol. The van der Waals surface area contributed by atoms with Crippen molar-refractivity contribution in [2.45, 2.75) is 37.5 Å². The highest BCUT2D eigenvalue weighted by atomic mass is 32.2. The second kappa shape index (κ2) is 10.5. The molecule has 2 aromatic heterocycles. The Labute approximate surface area is 216 Å². The van der Waals surface area contributed by atoms with Gasteiger partial charge in [-0.05, 0) is 41.6 Å². The third-order valence-corrected chi connectivity index (χ3v) is 7.22. The van der Waals surface area contributed by atoms with Gasteiger partial charge >= 0.3 is 6.18 Å². The Morgan fingerprint density at radius 2 is 1.73 bits per heavy atom. The van der Waals surface area contributed by atoms with Gasteiger partial charge < -0.3 is 4.98 Å². The van der Waals surface area contributed by atoms with Gasteiger partial charge in [-0.3, -0.25) is 14.7 Å². The molecule has 0 aliphatic carbocycles. The van der Waals surface area contributed by atoms with Crippen LogP contribution in [0.1, 0.15) is 29.3 Å². The van der Waals surface area contributed by atoms with Gasteiger partial charge in [-0.15, -0.1) is 11.8 Å². The summed E-state index contributed by atoms with van der Waals surface area (Å²) in [4.78, 5) is 28.2. The molecule has 0 atom stereocenters. The van der Waals surface area contributed by atoms with E-state index < -0.39 is 11.7 Å². The number of halogens is 3. The lowest BCUT2D eigenvalue weighted by atomic mass is 10.0. The molecule has 1 aliphatic rings. The molecule has 0 unspecified atom stereocenters. The Kier molecular flexibility index (Phi) is 7.17. The number of rotatable bonds is 6. The zero-order chi connectivity index (χ0) is 26.0. The SMILES string of the molecule is CCSc1ccc(-c2ccc(CN3CCc4nc(-c5ccc(C(F)(F)F)cc5)[nH]c(=O)c4C3)cn2)cc1. The highest BCUT2D eigenvalue weighted by Crippen LogP contribution is 2.30. The van der Waals surface area contributed by atoms with Crippen molar-refractivity contribution in [3.05, 3.63) is 99.6 Å². The smallest absolute Gasteiger partial charge is 0.306 e. The van der Waals surface area contributed by atoms with Gasteiger partial charge in [-0.1, -0.05) is 37.3 Å². The number of aromatic amines is 1. The van der Waals surface area contributed by atoms with E-state index in [1.807, 2.05) is 12.3 Å². The van der Waals surface area contributed by atoms with E-state index in [-0.39, 0.29) is 11.4 Å². The van der Waals surface area contributed by atoms with Crippen molar-refractivity contribution in [2.75, 3.05) is 12.3 Å². The molecule has 5 rings (SSSR count). The third kappa shape index (κ3) is 5.78. The Hall–Kier alpha value is -3.43. The Balaban J connectivity index is 1.26. The van der Waals surface area contributed by atoms with Gasteiger partial charge in [0.2, 0.25) is 0 Å². The highest BCUT2D eigenvalue weighted by molar-refractivity contribution is 7.99. The van der Waals surface area contributed by atoms with Gasteiger partial charge in [-0.2, -0.15) is 13.2 Å². The molecular weight excluding hydrogens is 497 g/mol. The highest BCUT2D eigenvalue weighted by Gasteiger charge is 2.30. The van der Waals surface area contributed by atoms with Crippen molar-refractivity contribution < 1.29 is 13.2 Å². The lowest BCUT2D eigenvalue weighted by Gasteiger charge is -2.27. The molecule has 0 bridgehead atoms. The van der Waals surface area contributed by atoms with Crippen LogP contribution in [0.3, 0.4) is 0 Å². The van der Waals surface area contributed by atoms with E-state index in [0.29, 0.717) is 42.9 Å². The molecule has 0 saturated carbocycles. The molecule has 0 saturated heterocycles. The molecule has 4 aromatic rings. The van der Waals surface area contributed by atoms with Crippen LogP contribution in [-0.2, 0) is 25.7 Å². The van der Waals surface area contributed by atoms with E-state index in [1.54, 1.807) is 11.8 Å². The van der Waals surface area contributed by atoms with E-state index >= 15 is 0 Å². The summed E-state index contributed by atoms with van der Waals surface area (Å²) >= 11 is 1.81. The fourth-order valence-corrected chi connectivity index (χ4v) is 5.07. The number of thioether (sulfide) groups is 1. The van der Waals surface area contributed by atoms with Gasteiger partial charge in [0.15, 0.2) is 0 Å². The van der Waals surface area contributed by atoms with Crippen LogP contribution in [-0.4, -0.2) is 32.1 Å². The Morgan fingerprint density at radius 1 is 1.00 bits per heavy atom. The van der Waals surface area contributed by atoms with E-state index in [2.05, 4.69) is 57.1 Å². The number of pyridine rings is 1. The fraction of sp³-hybridized carbons (Fsp3) is 0.250. The number of hydrogen-bond donors (Lipinski definition) is 1. The minimum absolute atomic E-state index is 0.261. The van der Waals surface area contributed by atoms with Crippen LogP contribution < -0.4 is 5.56 Å². The van der Waals surface area contributed by atoms with Crippen molar-refractivity contribution in [3.63, 3.8) is 0 Å². The molecule has 0 amide bonds. The monoisotopic (exact) mass is 522 g/mol. The lowest BCUT2D eigenvalue weighted by molar-refractivity contribution is -0.137. The Morgan fingerprint density at radius 3 is 2.38 bits per heavy atom. The number of nitrogens with one attached hydrogen (secondary N) is 1. The molecule has 0 fully saturated rings. The van der Waals surface area contributed by atoms with Crippen LogP contribution in [0.4, 0.5) is 13.2 Å². The first-order valence-corrected chi connectivity index (χ1v) is 13.0. The summed E-state index contributed by atoms with van der Waals surface area (Å²) in [5.41, 5.74) is 3.76. The summed E-state index contributed by atoms with van der Waals surface area (Å²) < 4.78 is 38.6. The van der Waals surface area contributed by atoms with Crippen molar-refractivity contribution in [3.8, 4) is 22.6 Å². The molecule has 0 radical (unpaired) electrons. The number of fused-ring (bicyclic) bond motifs is 1. The van der Waals surface area contributed by atoms with Crippen molar-refractivity contribution >= 4 is 11.8 Å². The van der Waals surface area contributed by atoms with Crippen LogP contribution in [0.2, 0.25) is 0 Å². The van der Waals surface area contributed by atoms with Gasteiger partial charge in [0.25, 0.3) is 5.56 Å². The standard InChI is InChI=1S/C28H25F3N4OS/c1-2-37-22-10-6-19(7-11-22)24-12-3-18(15-32-24)16-35-14-13-25-23(17-35)27(36)34-26(33-25)20-4-8-21(9-5-20)28(29,30)31/h3-12,15H,2,13-14,16-17H2,1H3,(H,33,34,36). The number of nitrogens with zero attached hydrogens (tertiary/aromatic N) is 3. The maximum Gasteiger partial charge on any atom is 0.416 e. The second-order valence-corrected chi connectivity index (χ2v) is 10.2. The molecule has 1 aliphatic heterocycles. The minimum Gasteiger partial charge on any atom is -0.306 e. The first kappa shape index (κ1) is 25.2. The number of hydrogen-bond acceptors (Lipinski definition) is 5. The molecule has 9 heteroatoms. The molecule has 5 nitrogen and oxygen atoms in total. The number of aromatic nitrogens is 3. The van der Waals surface area contributed by atoms with Gasteiger partial charge in [0.05, 0.1) is 22.5 Å². The summed E-state index contributed by atoms with van der Waals surface area (Å²) in [5.74, 6) is 1.32. The van der Waals surface area contributed by atoms with Crippen LogP contribution in [0, 0.1) is 0 Å². The van der Waals surface area contributed by atoms with Crippen LogP contribution >= 0.6 is 11.8 Å². The molecule has 2 aromatic carbocycles. The number of benzene rings is 2. The molecule has 3 heterocycles. The minimum atomic E-state index is -4.41. The van der Waals surface area contributed by atoms with Crippen molar-refractivity contribution in [2.24, 2.45) is 0 Å². The molecule has 190 valence electrons. The Bertz CT molecular complexity index is 1430. The van der Waals surface area contributed by atoms with Crippen LogP contribution in [0.15, 0.2) is 76.6 Å². The predicted octanol–water partition coefficient (Wildman–Crippen LogP) is 6.19. The third-order valence-electron chi connectivity index (χ3n) is 6.33.